The van der Waals surface area contributed by atoms with Gasteiger partial charge in [0, 0.05) is 0 Å². The van der Waals surface area contributed by atoms with Gasteiger partial charge in [-0.15, -0.1) is 0 Å². The van der Waals surface area contributed by atoms with Crippen molar-refractivity contribution < 1.29 is 28.5 Å². The number of carbonyl (C=O) groups excluding carboxylic acids is 2. The maximum Gasteiger partial charge on any atom is 0.361 e. The quantitative estimate of drug-likeness (QED) is 0.474. The van der Waals surface area contributed by atoms with Gasteiger partial charge >= 0.3 is 11.9 Å². The molecule has 0 saturated carbocycles. The fraction of sp³-hybridized carbons (Fsp3) is 0.200. The number of aromatic nitrogens is 2. The Morgan fingerprint density at radius 3 is 2.04 bits per heavy atom. The summed E-state index contributed by atoms with van der Waals surface area (Å²) in [6.07, 6.45) is 1.53. The molecule has 0 atom stereocenters. The molecular formula is C20H18N2O6. The Bertz CT molecular complexity index is 987. The standard InChI is InChI=1S/C20H18N2O6/c1-20(18(23)25-2,19(24)26-3)28-14-10-8-13(9-11-14)27-17-12-21-15-6-4-5-7-16(15)22-17/h4-12H,1-3H3. The first-order valence-corrected chi connectivity index (χ1v) is 8.32. The van der Waals surface area contributed by atoms with Crippen molar-refractivity contribution in [2.24, 2.45) is 0 Å². The Hall–Kier alpha value is -3.68. The van der Waals surface area contributed by atoms with Crippen molar-refractivity contribution in [1.82, 2.24) is 9.97 Å². The average molecular weight is 382 g/mol. The van der Waals surface area contributed by atoms with Crippen LogP contribution in [0.1, 0.15) is 6.92 Å². The Morgan fingerprint density at radius 1 is 0.857 bits per heavy atom. The molecule has 28 heavy (non-hydrogen) atoms. The lowest BCUT2D eigenvalue weighted by molar-refractivity contribution is -0.174. The molecule has 0 spiro atoms. The maximum absolute atomic E-state index is 12.0. The Kier molecular flexibility index (Phi) is 5.39. The summed E-state index contributed by atoms with van der Waals surface area (Å²) in [7, 11) is 2.32. The van der Waals surface area contributed by atoms with E-state index in [0.717, 1.165) is 19.7 Å². The Labute approximate surface area is 161 Å². The molecule has 8 heteroatoms. The lowest BCUT2D eigenvalue weighted by atomic mass is 10.1. The van der Waals surface area contributed by atoms with Crippen LogP contribution in [-0.2, 0) is 19.1 Å². The second-order valence-electron chi connectivity index (χ2n) is 5.89. The second-order valence-corrected chi connectivity index (χ2v) is 5.89. The van der Waals surface area contributed by atoms with Crippen LogP contribution in [0, 0.1) is 0 Å². The lowest BCUT2D eigenvalue weighted by Crippen LogP contribution is -2.50. The van der Waals surface area contributed by atoms with Gasteiger partial charge in [-0.1, -0.05) is 12.1 Å². The van der Waals surface area contributed by atoms with E-state index >= 15 is 0 Å². The van der Waals surface area contributed by atoms with Crippen LogP contribution in [0.4, 0.5) is 0 Å². The number of hydrogen-bond acceptors (Lipinski definition) is 8. The summed E-state index contributed by atoms with van der Waals surface area (Å²) in [5, 5.41) is 0. The molecule has 0 amide bonds. The minimum absolute atomic E-state index is 0.259. The van der Waals surface area contributed by atoms with Crippen molar-refractivity contribution in [3.8, 4) is 17.4 Å². The molecule has 0 unspecified atom stereocenters. The average Bonchev–Trinajstić information content (AvgIpc) is 2.73. The molecule has 2 aromatic carbocycles. The fourth-order valence-electron chi connectivity index (χ4n) is 2.48. The summed E-state index contributed by atoms with van der Waals surface area (Å²) in [6, 6.07) is 13.8. The number of carbonyl (C=O) groups is 2. The SMILES string of the molecule is COC(=O)C(C)(Oc1ccc(Oc2cnc3ccccc3n2)cc1)C(=O)OC. The van der Waals surface area contributed by atoms with E-state index < -0.39 is 17.5 Å². The van der Waals surface area contributed by atoms with Crippen molar-refractivity contribution in [1.29, 1.82) is 0 Å². The van der Waals surface area contributed by atoms with Crippen LogP contribution in [0.2, 0.25) is 0 Å². The minimum atomic E-state index is -1.92. The van der Waals surface area contributed by atoms with Crippen LogP contribution in [0.15, 0.2) is 54.7 Å². The first kappa shape index (κ1) is 19.1. The highest BCUT2D eigenvalue weighted by Gasteiger charge is 2.46. The molecule has 0 aliphatic rings. The van der Waals surface area contributed by atoms with E-state index in [1.165, 1.54) is 13.1 Å². The van der Waals surface area contributed by atoms with E-state index in [-0.39, 0.29) is 5.75 Å². The normalized spacial score (nSPS) is 11.0. The van der Waals surface area contributed by atoms with Crippen molar-refractivity contribution in [2.75, 3.05) is 14.2 Å². The number of esters is 2. The van der Waals surface area contributed by atoms with Gasteiger partial charge in [-0.2, -0.15) is 0 Å². The third-order valence-corrected chi connectivity index (χ3v) is 3.94. The molecule has 0 radical (unpaired) electrons. The highest BCUT2D eigenvalue weighted by molar-refractivity contribution is 6.03. The number of para-hydroxylation sites is 2. The van der Waals surface area contributed by atoms with Gasteiger partial charge in [0.15, 0.2) is 0 Å². The summed E-state index contributed by atoms with van der Waals surface area (Å²) in [5.74, 6) is -0.663. The van der Waals surface area contributed by atoms with E-state index in [0.29, 0.717) is 17.1 Å². The molecule has 1 aromatic heterocycles. The predicted molar refractivity (Wildman–Crippen MR) is 99.1 cm³/mol. The molecule has 0 aliphatic heterocycles. The summed E-state index contributed by atoms with van der Waals surface area (Å²) in [5.41, 5.74) is -0.439. The smallest absolute Gasteiger partial charge is 0.361 e. The van der Waals surface area contributed by atoms with Crippen LogP contribution in [0.25, 0.3) is 11.0 Å². The van der Waals surface area contributed by atoms with E-state index in [1.807, 2.05) is 24.3 Å². The van der Waals surface area contributed by atoms with Crippen molar-refractivity contribution >= 4 is 23.0 Å². The summed E-state index contributed by atoms with van der Waals surface area (Å²) < 4.78 is 20.5. The van der Waals surface area contributed by atoms with E-state index in [4.69, 9.17) is 9.47 Å². The van der Waals surface area contributed by atoms with Gasteiger partial charge in [0.1, 0.15) is 11.5 Å². The van der Waals surface area contributed by atoms with Gasteiger partial charge in [-0.3, -0.25) is 0 Å². The summed E-state index contributed by atoms with van der Waals surface area (Å²) >= 11 is 0. The van der Waals surface area contributed by atoms with Gasteiger partial charge in [-0.25, -0.2) is 19.6 Å². The fourth-order valence-corrected chi connectivity index (χ4v) is 2.48. The highest BCUT2D eigenvalue weighted by atomic mass is 16.6. The van der Waals surface area contributed by atoms with Crippen LogP contribution < -0.4 is 9.47 Å². The van der Waals surface area contributed by atoms with E-state index in [1.54, 1.807) is 24.3 Å². The van der Waals surface area contributed by atoms with Crippen molar-refractivity contribution in [3.63, 3.8) is 0 Å². The largest absolute Gasteiger partial charge is 0.466 e. The zero-order chi connectivity index (χ0) is 20.1. The van der Waals surface area contributed by atoms with Gasteiger partial charge in [0.25, 0.3) is 5.60 Å². The monoisotopic (exact) mass is 382 g/mol. The van der Waals surface area contributed by atoms with Gasteiger partial charge in [0.2, 0.25) is 5.88 Å². The molecule has 3 rings (SSSR count). The molecule has 8 nitrogen and oxygen atoms in total. The van der Waals surface area contributed by atoms with Crippen LogP contribution in [-0.4, -0.2) is 41.7 Å². The number of fused-ring (bicyclic) bond motifs is 1. The number of methoxy groups -OCH3 is 2. The van der Waals surface area contributed by atoms with Gasteiger partial charge in [-0.05, 0) is 43.3 Å². The predicted octanol–water partition coefficient (Wildman–Crippen LogP) is 2.91. The summed E-state index contributed by atoms with van der Waals surface area (Å²) in [6.45, 7) is 1.28. The molecule has 0 saturated heterocycles. The van der Waals surface area contributed by atoms with E-state index in [9.17, 15) is 9.59 Å². The lowest BCUT2D eigenvalue weighted by Gasteiger charge is -2.25. The zero-order valence-corrected chi connectivity index (χ0v) is 15.5. The Balaban J connectivity index is 1.76. The van der Waals surface area contributed by atoms with Crippen molar-refractivity contribution in [2.45, 2.75) is 12.5 Å². The maximum atomic E-state index is 12.0. The van der Waals surface area contributed by atoms with Gasteiger partial charge < -0.3 is 18.9 Å². The van der Waals surface area contributed by atoms with Crippen molar-refractivity contribution in [3.05, 3.63) is 54.7 Å². The number of benzene rings is 2. The Morgan fingerprint density at radius 2 is 1.43 bits per heavy atom. The third kappa shape index (κ3) is 3.85. The highest BCUT2D eigenvalue weighted by Crippen LogP contribution is 2.26. The molecule has 144 valence electrons. The first-order valence-electron chi connectivity index (χ1n) is 8.32. The number of hydrogen-bond donors (Lipinski definition) is 0. The van der Waals surface area contributed by atoms with Crippen LogP contribution >= 0.6 is 0 Å². The molecule has 1 heterocycles. The zero-order valence-electron chi connectivity index (χ0n) is 15.5. The number of rotatable bonds is 6. The number of nitrogens with zero attached hydrogens (tertiary/aromatic N) is 2. The van der Waals surface area contributed by atoms with Crippen LogP contribution in [0.3, 0.4) is 0 Å². The summed E-state index contributed by atoms with van der Waals surface area (Å²) in [4.78, 5) is 32.6. The minimum Gasteiger partial charge on any atom is -0.466 e. The second kappa shape index (κ2) is 7.91. The molecule has 0 bridgehead atoms. The topological polar surface area (TPSA) is 96.8 Å². The molecule has 0 N–H and O–H groups in total. The third-order valence-electron chi connectivity index (χ3n) is 3.94. The number of ether oxygens (including phenoxy) is 4. The van der Waals surface area contributed by atoms with Crippen LogP contribution in [0.5, 0.6) is 17.4 Å². The molecule has 0 aliphatic carbocycles. The first-order chi connectivity index (χ1) is 13.5. The molecular weight excluding hydrogens is 364 g/mol. The van der Waals surface area contributed by atoms with Gasteiger partial charge in [0.05, 0.1) is 31.4 Å². The molecule has 0 fully saturated rings. The van der Waals surface area contributed by atoms with E-state index in [2.05, 4.69) is 19.4 Å². The molecule has 3 aromatic rings.